The van der Waals surface area contributed by atoms with Gasteiger partial charge in [-0.3, -0.25) is 0 Å². The Balaban J connectivity index is 2.37. The van der Waals surface area contributed by atoms with Crippen LogP contribution in [0.1, 0.15) is 0 Å². The van der Waals surface area contributed by atoms with Gasteiger partial charge in [-0.1, -0.05) is 0 Å². The largest absolute Gasteiger partial charge is 0.372 e. The summed E-state index contributed by atoms with van der Waals surface area (Å²) >= 11 is 0. The molecule has 12 heavy (non-hydrogen) atoms. The molecule has 2 heterocycles. The van der Waals surface area contributed by atoms with Crippen molar-refractivity contribution in [1.29, 1.82) is 0 Å². The lowest BCUT2D eigenvalue weighted by molar-refractivity contribution is 0.214. The van der Waals surface area contributed by atoms with Crippen molar-refractivity contribution in [1.82, 2.24) is 9.97 Å². The van der Waals surface area contributed by atoms with Crippen LogP contribution < -0.4 is 16.4 Å². The lowest BCUT2D eigenvalue weighted by Crippen LogP contribution is -2.33. The molecular formula is C6H9N5O. The highest BCUT2D eigenvalue weighted by molar-refractivity contribution is 5.66. The Labute approximate surface area is 68.8 Å². The summed E-state index contributed by atoms with van der Waals surface area (Å²) in [6, 6.07) is 0. The third kappa shape index (κ3) is 1.12. The van der Waals surface area contributed by atoms with Gasteiger partial charge in [-0.05, 0) is 0 Å². The highest BCUT2D eigenvalue weighted by Gasteiger charge is 2.15. The number of β-amino-alcohol motifs (C(OH)–C–C–N with tert-alkyl or cyclic N) is 1. The monoisotopic (exact) mass is 167 g/mol. The predicted molar refractivity (Wildman–Crippen MR) is 44.6 cm³/mol. The summed E-state index contributed by atoms with van der Waals surface area (Å²) in [5, 5.41) is 14.9. The number of nitrogen functional groups attached to an aromatic ring is 1. The first-order chi connectivity index (χ1) is 5.75. The van der Waals surface area contributed by atoms with Gasteiger partial charge in [0.15, 0.2) is 5.82 Å². The molecule has 0 bridgehead atoms. The fraction of sp³-hybridized carbons (Fsp3) is 0.333. The first-order valence-electron chi connectivity index (χ1n) is 3.57. The Morgan fingerprint density at radius 3 is 3.33 bits per heavy atom. The van der Waals surface area contributed by atoms with Crippen molar-refractivity contribution in [3.05, 3.63) is 6.20 Å². The third-order valence-electron chi connectivity index (χ3n) is 1.59. The van der Waals surface area contributed by atoms with E-state index in [0.717, 1.165) is 0 Å². The Morgan fingerprint density at radius 2 is 2.50 bits per heavy atom. The Morgan fingerprint density at radius 1 is 1.67 bits per heavy atom. The number of anilines is 3. The van der Waals surface area contributed by atoms with Crippen molar-refractivity contribution in [2.24, 2.45) is 0 Å². The van der Waals surface area contributed by atoms with Crippen molar-refractivity contribution in [3.63, 3.8) is 0 Å². The Bertz CT molecular complexity index is 302. The summed E-state index contributed by atoms with van der Waals surface area (Å²) in [6.45, 7) is 0.420. The van der Waals surface area contributed by atoms with Gasteiger partial charge in [0.05, 0.1) is 18.4 Å². The van der Waals surface area contributed by atoms with E-state index in [1.165, 1.54) is 6.20 Å². The molecule has 0 radical (unpaired) electrons. The number of hydrogen-bond donors (Lipinski definition) is 4. The van der Waals surface area contributed by atoms with Gasteiger partial charge in [0.25, 0.3) is 0 Å². The zero-order valence-corrected chi connectivity index (χ0v) is 6.28. The highest BCUT2D eigenvalue weighted by Crippen LogP contribution is 2.22. The molecule has 1 aliphatic rings. The molecule has 0 saturated heterocycles. The standard InChI is InChI=1S/C6H9N5O/c7-6-9-1-3-5(11-6)8-2-4(12)10-3/h1,4,10,12H,2H2,(H3,7,8,9,11). The number of rotatable bonds is 0. The molecule has 1 aliphatic heterocycles. The minimum Gasteiger partial charge on any atom is -0.372 e. The molecule has 1 aromatic heterocycles. The Hall–Kier alpha value is -1.56. The van der Waals surface area contributed by atoms with Crippen LogP contribution in [0.25, 0.3) is 0 Å². The second-order valence-electron chi connectivity index (χ2n) is 2.53. The van der Waals surface area contributed by atoms with Crippen molar-refractivity contribution < 1.29 is 5.11 Å². The van der Waals surface area contributed by atoms with Crippen LogP contribution in [0.15, 0.2) is 6.20 Å². The van der Waals surface area contributed by atoms with Crippen LogP contribution in [-0.4, -0.2) is 27.8 Å². The summed E-state index contributed by atoms with van der Waals surface area (Å²) in [5.41, 5.74) is 6.03. The fourth-order valence-corrected chi connectivity index (χ4v) is 1.06. The quantitative estimate of drug-likeness (QED) is 0.404. The van der Waals surface area contributed by atoms with Gasteiger partial charge in [0, 0.05) is 0 Å². The maximum atomic E-state index is 9.16. The molecule has 1 atom stereocenters. The van der Waals surface area contributed by atoms with Crippen molar-refractivity contribution in [2.75, 3.05) is 22.9 Å². The van der Waals surface area contributed by atoms with Gasteiger partial charge in [-0.2, -0.15) is 4.98 Å². The lowest BCUT2D eigenvalue weighted by Gasteiger charge is -2.22. The zero-order chi connectivity index (χ0) is 8.55. The van der Waals surface area contributed by atoms with E-state index in [1.54, 1.807) is 0 Å². The third-order valence-corrected chi connectivity index (χ3v) is 1.59. The van der Waals surface area contributed by atoms with Crippen molar-refractivity contribution in [2.45, 2.75) is 6.23 Å². The fourth-order valence-electron chi connectivity index (χ4n) is 1.06. The molecule has 2 rings (SSSR count). The van der Waals surface area contributed by atoms with E-state index in [9.17, 15) is 0 Å². The molecule has 6 nitrogen and oxygen atoms in total. The molecular weight excluding hydrogens is 158 g/mol. The molecule has 64 valence electrons. The molecule has 0 saturated carbocycles. The van der Waals surface area contributed by atoms with Crippen LogP contribution in [0.2, 0.25) is 0 Å². The average Bonchev–Trinajstić information content (AvgIpc) is 2.05. The SMILES string of the molecule is Nc1ncc2c(n1)NCC(O)N2. The number of nitrogens with two attached hydrogens (primary N) is 1. The smallest absolute Gasteiger partial charge is 0.222 e. The lowest BCUT2D eigenvalue weighted by atomic mass is 10.3. The van der Waals surface area contributed by atoms with Crippen LogP contribution in [-0.2, 0) is 0 Å². The number of aromatic nitrogens is 2. The minimum atomic E-state index is -0.593. The maximum Gasteiger partial charge on any atom is 0.222 e. The summed E-state index contributed by atoms with van der Waals surface area (Å²) in [4.78, 5) is 7.71. The molecule has 0 spiro atoms. The topological polar surface area (TPSA) is 96.1 Å². The minimum absolute atomic E-state index is 0.222. The number of hydrogen-bond acceptors (Lipinski definition) is 6. The van der Waals surface area contributed by atoms with E-state index in [4.69, 9.17) is 10.8 Å². The highest BCUT2D eigenvalue weighted by atomic mass is 16.3. The molecule has 0 aliphatic carbocycles. The van der Waals surface area contributed by atoms with E-state index in [0.29, 0.717) is 18.1 Å². The number of fused-ring (bicyclic) bond motifs is 1. The maximum absolute atomic E-state index is 9.16. The molecule has 5 N–H and O–H groups in total. The molecule has 6 heteroatoms. The van der Waals surface area contributed by atoms with Crippen LogP contribution in [0.4, 0.5) is 17.5 Å². The van der Waals surface area contributed by atoms with Crippen molar-refractivity contribution >= 4 is 17.5 Å². The summed E-state index contributed by atoms with van der Waals surface area (Å²) in [7, 11) is 0. The van der Waals surface area contributed by atoms with E-state index in [-0.39, 0.29) is 5.95 Å². The van der Waals surface area contributed by atoms with Crippen LogP contribution >= 0.6 is 0 Å². The van der Waals surface area contributed by atoms with Gasteiger partial charge >= 0.3 is 0 Å². The summed E-state index contributed by atoms with van der Waals surface area (Å²) < 4.78 is 0. The second-order valence-corrected chi connectivity index (χ2v) is 2.53. The van der Waals surface area contributed by atoms with Gasteiger partial charge in [0.1, 0.15) is 6.23 Å². The van der Waals surface area contributed by atoms with Crippen LogP contribution in [0.3, 0.4) is 0 Å². The van der Waals surface area contributed by atoms with Crippen LogP contribution in [0.5, 0.6) is 0 Å². The average molecular weight is 167 g/mol. The first-order valence-corrected chi connectivity index (χ1v) is 3.57. The number of aliphatic hydroxyl groups is 1. The number of nitrogens with one attached hydrogen (secondary N) is 2. The number of aliphatic hydroxyl groups excluding tert-OH is 1. The van der Waals surface area contributed by atoms with E-state index < -0.39 is 6.23 Å². The molecule has 0 aromatic carbocycles. The van der Waals surface area contributed by atoms with Gasteiger partial charge in [0.2, 0.25) is 5.95 Å². The van der Waals surface area contributed by atoms with Gasteiger partial charge < -0.3 is 21.5 Å². The van der Waals surface area contributed by atoms with E-state index in [2.05, 4.69) is 20.6 Å². The molecule has 0 fully saturated rings. The van der Waals surface area contributed by atoms with E-state index >= 15 is 0 Å². The van der Waals surface area contributed by atoms with Gasteiger partial charge in [-0.15, -0.1) is 0 Å². The predicted octanol–water partition coefficient (Wildman–Crippen LogP) is -0.785. The molecule has 1 aromatic rings. The van der Waals surface area contributed by atoms with Crippen LogP contribution in [0, 0.1) is 0 Å². The first kappa shape index (κ1) is 7.11. The second kappa shape index (κ2) is 2.49. The van der Waals surface area contributed by atoms with Gasteiger partial charge in [-0.25, -0.2) is 4.98 Å². The summed E-state index contributed by atoms with van der Waals surface area (Å²) in [6.07, 6.45) is 0.942. The van der Waals surface area contributed by atoms with E-state index in [1.807, 2.05) is 0 Å². The summed E-state index contributed by atoms with van der Waals surface area (Å²) in [5.74, 6) is 0.854. The molecule has 1 unspecified atom stereocenters. The number of nitrogens with zero attached hydrogens (tertiary/aromatic N) is 2. The zero-order valence-electron chi connectivity index (χ0n) is 6.28. The van der Waals surface area contributed by atoms with Crippen molar-refractivity contribution in [3.8, 4) is 0 Å². The Kier molecular flexibility index (Phi) is 1.47. The normalized spacial score (nSPS) is 20.6. The molecule has 0 amide bonds.